The average Bonchev–Trinajstić information content (AvgIpc) is 2.40. The number of nitrogens with zero attached hydrogens (tertiary/aromatic N) is 1. The van der Waals surface area contributed by atoms with Gasteiger partial charge in [0.2, 0.25) is 0 Å². The number of likely N-dealkylation sites (tertiary alicyclic amines) is 1. The normalized spacial score (nSPS) is 19.9. The Hall–Kier alpha value is -0.340. The maximum Gasteiger partial charge on any atom is 0.0233 e. The van der Waals surface area contributed by atoms with Gasteiger partial charge >= 0.3 is 0 Å². The van der Waals surface area contributed by atoms with Gasteiger partial charge in [-0.3, -0.25) is 4.90 Å². The van der Waals surface area contributed by atoms with Crippen LogP contribution in [0.25, 0.3) is 0 Å². The van der Waals surface area contributed by atoms with E-state index in [4.69, 9.17) is 0 Å². The molecule has 0 N–H and O–H groups in total. The van der Waals surface area contributed by atoms with E-state index in [1.807, 2.05) is 0 Å². The molecule has 1 nitrogen and oxygen atoms in total. The summed E-state index contributed by atoms with van der Waals surface area (Å²) in [5.74, 6) is 0.865. The number of aryl methyl sites for hydroxylation is 1. The molecule has 1 saturated heterocycles. The van der Waals surface area contributed by atoms with Crippen molar-refractivity contribution in [2.24, 2.45) is 5.92 Å². The molecule has 0 bridgehead atoms. The van der Waals surface area contributed by atoms with E-state index >= 15 is 0 Å². The molecule has 1 unspecified atom stereocenters. The van der Waals surface area contributed by atoms with E-state index in [0.717, 1.165) is 18.9 Å². The molecule has 1 heterocycles. The summed E-state index contributed by atoms with van der Waals surface area (Å²) in [6, 6.07) is 9.11. The number of hydrogen-bond donors (Lipinski definition) is 0. The third kappa shape index (κ3) is 3.83. The zero-order valence-corrected chi connectivity index (χ0v) is 13.1. The Morgan fingerprint density at radius 3 is 2.22 bits per heavy atom. The predicted molar refractivity (Wildman–Crippen MR) is 82.2 cm³/mol. The smallest absolute Gasteiger partial charge is 0.0233 e. The fourth-order valence-electron chi connectivity index (χ4n) is 2.71. The Labute approximate surface area is 120 Å². The minimum atomic E-state index is 0.670. The molecule has 0 radical (unpaired) electrons. The van der Waals surface area contributed by atoms with Crippen LogP contribution in [0, 0.1) is 5.92 Å². The third-order valence-corrected chi connectivity index (χ3v) is 4.87. The zero-order valence-electron chi connectivity index (χ0n) is 11.5. The fraction of sp³-hybridized carbons (Fsp3) is 0.625. The number of hydrogen-bond acceptors (Lipinski definition) is 1. The largest absolute Gasteiger partial charge is 0.299 e. The van der Waals surface area contributed by atoms with Gasteiger partial charge in [-0.25, -0.2) is 0 Å². The van der Waals surface area contributed by atoms with Crippen molar-refractivity contribution in [3.05, 3.63) is 35.4 Å². The van der Waals surface area contributed by atoms with Crippen molar-refractivity contribution in [3.8, 4) is 0 Å². The maximum atomic E-state index is 3.72. The molecule has 0 saturated carbocycles. The lowest BCUT2D eigenvalue weighted by Gasteiger charge is -2.33. The van der Waals surface area contributed by atoms with E-state index in [1.165, 1.54) is 37.1 Å². The van der Waals surface area contributed by atoms with E-state index in [9.17, 15) is 0 Å². The molecule has 1 fully saturated rings. The van der Waals surface area contributed by atoms with Crippen molar-refractivity contribution in [3.63, 3.8) is 0 Å². The standard InChI is InChI=1S/C16H24BrN/c1-3-14-4-6-15(7-5-14)12-18-10-8-16(9-11-18)13(2)17/h4-7,13,16H,3,8-12H2,1-2H3. The quantitative estimate of drug-likeness (QED) is 0.752. The Kier molecular flexibility index (Phi) is 5.25. The molecule has 0 aromatic heterocycles. The molecule has 1 aromatic carbocycles. The Morgan fingerprint density at radius 2 is 1.72 bits per heavy atom. The van der Waals surface area contributed by atoms with Gasteiger partial charge in [0.1, 0.15) is 0 Å². The molecular weight excluding hydrogens is 286 g/mol. The van der Waals surface area contributed by atoms with Gasteiger partial charge in [-0.1, -0.05) is 54.0 Å². The van der Waals surface area contributed by atoms with Crippen LogP contribution in [-0.2, 0) is 13.0 Å². The highest BCUT2D eigenvalue weighted by molar-refractivity contribution is 9.09. The first-order valence-electron chi connectivity index (χ1n) is 7.13. The lowest BCUT2D eigenvalue weighted by atomic mass is 9.94. The lowest BCUT2D eigenvalue weighted by molar-refractivity contribution is 0.178. The van der Waals surface area contributed by atoms with Crippen LogP contribution < -0.4 is 0 Å². The first-order chi connectivity index (χ1) is 8.69. The van der Waals surface area contributed by atoms with Gasteiger partial charge in [-0.2, -0.15) is 0 Å². The molecule has 18 heavy (non-hydrogen) atoms. The first kappa shape index (κ1) is 14.1. The second-order valence-electron chi connectivity index (χ2n) is 5.46. The van der Waals surface area contributed by atoms with Crippen molar-refractivity contribution in [2.75, 3.05) is 13.1 Å². The molecular formula is C16H24BrN. The summed E-state index contributed by atoms with van der Waals surface area (Å²) < 4.78 is 0. The lowest BCUT2D eigenvalue weighted by Crippen LogP contribution is -2.35. The molecule has 2 heteroatoms. The van der Waals surface area contributed by atoms with Crippen molar-refractivity contribution < 1.29 is 0 Å². The molecule has 1 aromatic rings. The van der Waals surface area contributed by atoms with E-state index < -0.39 is 0 Å². The van der Waals surface area contributed by atoms with Gasteiger partial charge in [0.15, 0.2) is 0 Å². The van der Waals surface area contributed by atoms with Gasteiger partial charge in [-0.05, 0) is 49.4 Å². The first-order valence-corrected chi connectivity index (χ1v) is 8.05. The number of piperidine rings is 1. The van der Waals surface area contributed by atoms with Crippen LogP contribution >= 0.6 is 15.9 Å². The molecule has 0 spiro atoms. The number of halogens is 1. The average molecular weight is 310 g/mol. The Bertz CT molecular complexity index is 350. The predicted octanol–water partition coefficient (Wildman–Crippen LogP) is 4.24. The third-order valence-electron chi connectivity index (χ3n) is 4.12. The minimum absolute atomic E-state index is 0.670. The van der Waals surface area contributed by atoms with Crippen LogP contribution in [-0.4, -0.2) is 22.8 Å². The summed E-state index contributed by atoms with van der Waals surface area (Å²) in [7, 11) is 0. The summed E-state index contributed by atoms with van der Waals surface area (Å²) in [4.78, 5) is 3.26. The van der Waals surface area contributed by atoms with Crippen molar-refractivity contribution >= 4 is 15.9 Å². The summed E-state index contributed by atoms with van der Waals surface area (Å²) in [5, 5.41) is 0. The van der Waals surface area contributed by atoms with Gasteiger partial charge in [0.05, 0.1) is 0 Å². The van der Waals surface area contributed by atoms with Gasteiger partial charge in [0.25, 0.3) is 0 Å². The van der Waals surface area contributed by atoms with E-state index in [0.29, 0.717) is 4.83 Å². The van der Waals surface area contributed by atoms with Gasteiger partial charge in [0, 0.05) is 11.4 Å². The Morgan fingerprint density at radius 1 is 1.17 bits per heavy atom. The van der Waals surface area contributed by atoms with E-state index in [1.54, 1.807) is 0 Å². The number of alkyl halides is 1. The van der Waals surface area contributed by atoms with Crippen LogP contribution in [0.5, 0.6) is 0 Å². The summed E-state index contributed by atoms with van der Waals surface area (Å²) in [5.41, 5.74) is 2.89. The highest BCUT2D eigenvalue weighted by Gasteiger charge is 2.22. The molecule has 0 amide bonds. The highest BCUT2D eigenvalue weighted by atomic mass is 79.9. The number of benzene rings is 1. The van der Waals surface area contributed by atoms with E-state index in [2.05, 4.69) is 58.9 Å². The molecule has 1 aliphatic heterocycles. The van der Waals surface area contributed by atoms with Crippen LogP contribution in [0.4, 0.5) is 0 Å². The number of rotatable bonds is 4. The van der Waals surface area contributed by atoms with E-state index in [-0.39, 0.29) is 0 Å². The molecule has 0 aliphatic carbocycles. The second-order valence-corrected chi connectivity index (χ2v) is 6.91. The summed E-state index contributed by atoms with van der Waals surface area (Å²) >= 11 is 3.72. The molecule has 100 valence electrons. The fourth-order valence-corrected chi connectivity index (χ4v) is 3.24. The van der Waals surface area contributed by atoms with Gasteiger partial charge in [-0.15, -0.1) is 0 Å². The van der Waals surface area contributed by atoms with Crippen molar-refractivity contribution in [2.45, 2.75) is 44.5 Å². The maximum absolute atomic E-state index is 3.72. The van der Waals surface area contributed by atoms with Crippen LogP contribution in [0.3, 0.4) is 0 Å². The SMILES string of the molecule is CCc1ccc(CN2CCC(C(C)Br)CC2)cc1. The molecule has 2 rings (SSSR count). The molecule has 1 atom stereocenters. The van der Waals surface area contributed by atoms with Crippen LogP contribution in [0.1, 0.15) is 37.8 Å². The Balaban J connectivity index is 1.83. The van der Waals surface area contributed by atoms with Crippen molar-refractivity contribution in [1.82, 2.24) is 4.90 Å². The van der Waals surface area contributed by atoms with Gasteiger partial charge < -0.3 is 0 Å². The molecule has 1 aliphatic rings. The highest BCUT2D eigenvalue weighted by Crippen LogP contribution is 2.25. The second kappa shape index (κ2) is 6.72. The minimum Gasteiger partial charge on any atom is -0.299 e. The monoisotopic (exact) mass is 309 g/mol. The topological polar surface area (TPSA) is 3.24 Å². The summed E-state index contributed by atoms with van der Waals surface area (Å²) in [6.07, 6.45) is 3.80. The van der Waals surface area contributed by atoms with Crippen molar-refractivity contribution in [1.29, 1.82) is 0 Å². The zero-order chi connectivity index (χ0) is 13.0. The van der Waals surface area contributed by atoms with Crippen LogP contribution in [0.15, 0.2) is 24.3 Å². The summed E-state index contributed by atoms with van der Waals surface area (Å²) in [6.45, 7) is 8.10. The van der Waals surface area contributed by atoms with Crippen LogP contribution in [0.2, 0.25) is 0 Å².